The molecular formula is C19H22N2O3S. The van der Waals surface area contributed by atoms with Crippen molar-refractivity contribution in [2.24, 2.45) is 0 Å². The Balaban J connectivity index is 1.62. The summed E-state index contributed by atoms with van der Waals surface area (Å²) in [7, 11) is -3.55. The van der Waals surface area contributed by atoms with Crippen molar-refractivity contribution in [3.63, 3.8) is 0 Å². The minimum atomic E-state index is -3.55. The molecule has 0 atom stereocenters. The van der Waals surface area contributed by atoms with Crippen LogP contribution in [-0.2, 0) is 16.4 Å². The molecule has 1 aliphatic rings. The standard InChI is InChI=1S/C19H22N2O3S/c1-14-5-2-3-6-15(14)11-12-20-19(22)16-7-4-8-18(13-16)25(23,24)21-17-9-10-17/h2-8,13,17,21H,9-12H2,1H3,(H,20,22). The van der Waals surface area contributed by atoms with Crippen molar-refractivity contribution in [1.29, 1.82) is 0 Å². The highest BCUT2D eigenvalue weighted by Gasteiger charge is 2.28. The second-order valence-corrected chi connectivity index (χ2v) is 8.07. The lowest BCUT2D eigenvalue weighted by molar-refractivity contribution is 0.0954. The van der Waals surface area contributed by atoms with Gasteiger partial charge in [0.25, 0.3) is 5.91 Å². The topological polar surface area (TPSA) is 75.3 Å². The molecule has 1 saturated carbocycles. The molecule has 0 saturated heterocycles. The fourth-order valence-corrected chi connectivity index (χ4v) is 3.95. The van der Waals surface area contributed by atoms with E-state index in [1.807, 2.05) is 31.2 Å². The highest BCUT2D eigenvalue weighted by atomic mass is 32.2. The van der Waals surface area contributed by atoms with Crippen LogP contribution in [0.1, 0.15) is 34.3 Å². The van der Waals surface area contributed by atoms with E-state index in [2.05, 4.69) is 10.0 Å². The Morgan fingerprint density at radius 2 is 1.88 bits per heavy atom. The average molecular weight is 358 g/mol. The zero-order chi connectivity index (χ0) is 17.9. The molecule has 2 N–H and O–H groups in total. The van der Waals surface area contributed by atoms with Crippen LogP contribution in [-0.4, -0.2) is 26.9 Å². The highest BCUT2D eigenvalue weighted by molar-refractivity contribution is 7.89. The number of hydrogen-bond donors (Lipinski definition) is 2. The van der Waals surface area contributed by atoms with Crippen molar-refractivity contribution in [2.45, 2.75) is 37.1 Å². The number of rotatable bonds is 7. The third-order valence-electron chi connectivity index (χ3n) is 4.25. The van der Waals surface area contributed by atoms with Crippen molar-refractivity contribution in [2.75, 3.05) is 6.54 Å². The first-order valence-corrected chi connectivity index (χ1v) is 9.89. The van der Waals surface area contributed by atoms with E-state index in [9.17, 15) is 13.2 Å². The van der Waals surface area contributed by atoms with Crippen LogP contribution >= 0.6 is 0 Å². The molecule has 1 fully saturated rings. The van der Waals surface area contributed by atoms with Crippen molar-refractivity contribution >= 4 is 15.9 Å². The van der Waals surface area contributed by atoms with E-state index in [4.69, 9.17) is 0 Å². The predicted molar refractivity (Wildman–Crippen MR) is 97.0 cm³/mol. The molecule has 1 aliphatic carbocycles. The van der Waals surface area contributed by atoms with E-state index < -0.39 is 10.0 Å². The van der Waals surface area contributed by atoms with E-state index in [-0.39, 0.29) is 16.8 Å². The number of nitrogens with one attached hydrogen (secondary N) is 2. The van der Waals surface area contributed by atoms with Crippen molar-refractivity contribution in [3.05, 3.63) is 65.2 Å². The minimum Gasteiger partial charge on any atom is -0.352 e. The number of sulfonamides is 1. The second-order valence-electron chi connectivity index (χ2n) is 6.36. The quantitative estimate of drug-likeness (QED) is 0.798. The smallest absolute Gasteiger partial charge is 0.251 e. The molecule has 0 radical (unpaired) electrons. The van der Waals surface area contributed by atoms with Crippen LogP contribution in [0.2, 0.25) is 0 Å². The molecule has 2 aromatic carbocycles. The Kier molecular flexibility index (Phi) is 5.20. The summed E-state index contributed by atoms with van der Waals surface area (Å²) in [5.74, 6) is -0.267. The number of amides is 1. The van der Waals surface area contributed by atoms with Crippen LogP contribution in [0.25, 0.3) is 0 Å². The lowest BCUT2D eigenvalue weighted by Gasteiger charge is -2.09. The summed E-state index contributed by atoms with van der Waals surface area (Å²) in [4.78, 5) is 12.4. The van der Waals surface area contributed by atoms with Crippen LogP contribution in [0.5, 0.6) is 0 Å². The van der Waals surface area contributed by atoms with Crippen molar-refractivity contribution in [3.8, 4) is 0 Å². The molecule has 25 heavy (non-hydrogen) atoms. The molecular weight excluding hydrogens is 336 g/mol. The van der Waals surface area contributed by atoms with Gasteiger partial charge < -0.3 is 5.32 Å². The molecule has 0 heterocycles. The molecule has 2 aromatic rings. The minimum absolute atomic E-state index is 0.0385. The second kappa shape index (κ2) is 7.37. The van der Waals surface area contributed by atoms with Crippen molar-refractivity contribution < 1.29 is 13.2 Å². The first-order valence-electron chi connectivity index (χ1n) is 8.41. The molecule has 0 aliphatic heterocycles. The predicted octanol–water partition coefficient (Wildman–Crippen LogP) is 2.41. The van der Waals surface area contributed by atoms with Gasteiger partial charge in [0, 0.05) is 18.2 Å². The van der Waals surface area contributed by atoms with Gasteiger partial charge in [-0.15, -0.1) is 0 Å². The molecule has 0 bridgehead atoms. The fraction of sp³-hybridized carbons (Fsp3) is 0.316. The zero-order valence-corrected chi connectivity index (χ0v) is 15.0. The summed E-state index contributed by atoms with van der Waals surface area (Å²) in [6.07, 6.45) is 2.48. The van der Waals surface area contributed by atoms with Gasteiger partial charge in [-0.05, 0) is 55.5 Å². The number of benzene rings is 2. The number of hydrogen-bond acceptors (Lipinski definition) is 3. The van der Waals surface area contributed by atoms with Crippen LogP contribution in [0.15, 0.2) is 53.4 Å². The summed E-state index contributed by atoms with van der Waals surface area (Å²) in [6, 6.07) is 14.2. The fourth-order valence-electron chi connectivity index (χ4n) is 2.60. The van der Waals surface area contributed by atoms with Crippen molar-refractivity contribution in [1.82, 2.24) is 10.0 Å². The Hall–Kier alpha value is -2.18. The van der Waals surface area contributed by atoms with Gasteiger partial charge in [0.2, 0.25) is 10.0 Å². The maximum absolute atomic E-state index is 12.3. The lowest BCUT2D eigenvalue weighted by Crippen LogP contribution is -2.28. The highest BCUT2D eigenvalue weighted by Crippen LogP contribution is 2.22. The zero-order valence-electron chi connectivity index (χ0n) is 14.2. The van der Waals surface area contributed by atoms with Gasteiger partial charge in [-0.3, -0.25) is 4.79 Å². The third kappa shape index (κ3) is 4.67. The van der Waals surface area contributed by atoms with Crippen LogP contribution in [0.3, 0.4) is 0 Å². The van der Waals surface area contributed by atoms with E-state index in [0.29, 0.717) is 12.1 Å². The van der Waals surface area contributed by atoms with Gasteiger partial charge >= 0.3 is 0 Å². The van der Waals surface area contributed by atoms with Gasteiger partial charge in [-0.1, -0.05) is 30.3 Å². The summed E-state index contributed by atoms with van der Waals surface area (Å²) in [5, 5.41) is 2.85. The van der Waals surface area contributed by atoms with E-state index in [1.54, 1.807) is 12.1 Å². The van der Waals surface area contributed by atoms with E-state index in [1.165, 1.54) is 23.3 Å². The van der Waals surface area contributed by atoms with Crippen LogP contribution in [0.4, 0.5) is 0 Å². The summed E-state index contributed by atoms with van der Waals surface area (Å²) < 4.78 is 27.1. The molecule has 3 rings (SSSR count). The molecule has 0 aromatic heterocycles. The Bertz CT molecular complexity index is 874. The molecule has 132 valence electrons. The third-order valence-corrected chi connectivity index (χ3v) is 5.77. The van der Waals surface area contributed by atoms with Gasteiger partial charge in [-0.25, -0.2) is 13.1 Å². The number of carbonyl (C=O) groups is 1. The molecule has 0 unspecified atom stereocenters. The maximum Gasteiger partial charge on any atom is 0.251 e. The van der Waals surface area contributed by atoms with E-state index in [0.717, 1.165) is 19.3 Å². The molecule has 5 nitrogen and oxygen atoms in total. The monoisotopic (exact) mass is 358 g/mol. The SMILES string of the molecule is Cc1ccccc1CCNC(=O)c1cccc(S(=O)(=O)NC2CC2)c1. The summed E-state index contributed by atoms with van der Waals surface area (Å²) >= 11 is 0. The first-order chi connectivity index (χ1) is 12.0. The largest absolute Gasteiger partial charge is 0.352 e. The van der Waals surface area contributed by atoms with Gasteiger partial charge in [-0.2, -0.15) is 0 Å². The molecule has 6 heteroatoms. The lowest BCUT2D eigenvalue weighted by atomic mass is 10.1. The van der Waals surface area contributed by atoms with E-state index >= 15 is 0 Å². The Labute approximate surface area is 148 Å². The normalized spacial score (nSPS) is 14.3. The van der Waals surface area contributed by atoms with Crippen LogP contribution < -0.4 is 10.0 Å². The van der Waals surface area contributed by atoms with Gasteiger partial charge in [0.15, 0.2) is 0 Å². The average Bonchev–Trinajstić information content (AvgIpc) is 3.40. The molecule has 0 spiro atoms. The number of aryl methyl sites for hydroxylation is 1. The van der Waals surface area contributed by atoms with Gasteiger partial charge in [0.1, 0.15) is 0 Å². The summed E-state index contributed by atoms with van der Waals surface area (Å²) in [6.45, 7) is 2.54. The number of carbonyl (C=O) groups excluding carboxylic acids is 1. The van der Waals surface area contributed by atoms with Gasteiger partial charge in [0.05, 0.1) is 4.90 Å². The maximum atomic E-state index is 12.3. The Morgan fingerprint density at radius 1 is 1.12 bits per heavy atom. The van der Waals surface area contributed by atoms with Crippen LogP contribution in [0, 0.1) is 6.92 Å². The first kappa shape index (κ1) is 17.6. The Morgan fingerprint density at radius 3 is 2.60 bits per heavy atom. The summed E-state index contributed by atoms with van der Waals surface area (Å²) in [5.41, 5.74) is 2.73. The molecule has 1 amide bonds.